The number of rotatable bonds is 9. The van der Waals surface area contributed by atoms with Crippen molar-refractivity contribution < 1.29 is 23.8 Å². The molecule has 0 aliphatic carbocycles. The normalized spacial score (nSPS) is 15.7. The number of hydrogen-bond acceptors (Lipinski definition) is 6. The van der Waals surface area contributed by atoms with Crippen LogP contribution in [0.4, 0.5) is 5.69 Å². The molecule has 1 aliphatic heterocycles. The predicted molar refractivity (Wildman–Crippen MR) is 128 cm³/mol. The molecule has 1 heterocycles. The van der Waals surface area contributed by atoms with E-state index in [2.05, 4.69) is 10.6 Å². The SMILES string of the molecule is COc1cc(OC)c(OC)cc1CNC(=O)CN1CCCC1C(=O)Nc1cc(Cl)cc(Cl)c1. The Labute approximate surface area is 203 Å². The van der Waals surface area contributed by atoms with Crippen LogP contribution in [0.5, 0.6) is 17.2 Å². The number of carbonyl (C=O) groups is 2. The second-order valence-corrected chi connectivity index (χ2v) is 8.44. The third kappa shape index (κ3) is 6.43. The van der Waals surface area contributed by atoms with E-state index < -0.39 is 6.04 Å². The van der Waals surface area contributed by atoms with Crippen LogP contribution in [0, 0.1) is 0 Å². The van der Waals surface area contributed by atoms with Gasteiger partial charge in [0.2, 0.25) is 11.8 Å². The number of ether oxygens (including phenoxy) is 3. The van der Waals surface area contributed by atoms with E-state index in [-0.39, 0.29) is 24.9 Å². The van der Waals surface area contributed by atoms with Gasteiger partial charge < -0.3 is 24.8 Å². The van der Waals surface area contributed by atoms with E-state index in [0.717, 1.165) is 12.0 Å². The van der Waals surface area contributed by atoms with Crippen LogP contribution in [0.3, 0.4) is 0 Å². The number of anilines is 1. The third-order valence-electron chi connectivity index (χ3n) is 5.41. The average molecular weight is 496 g/mol. The molecule has 10 heteroatoms. The van der Waals surface area contributed by atoms with Gasteiger partial charge in [0.05, 0.1) is 33.9 Å². The number of nitrogens with zero attached hydrogens (tertiary/aromatic N) is 1. The van der Waals surface area contributed by atoms with Gasteiger partial charge in [-0.15, -0.1) is 0 Å². The minimum atomic E-state index is -0.413. The van der Waals surface area contributed by atoms with Crippen molar-refractivity contribution in [3.8, 4) is 17.2 Å². The van der Waals surface area contributed by atoms with Crippen molar-refractivity contribution in [3.05, 3.63) is 45.9 Å². The van der Waals surface area contributed by atoms with Crippen LogP contribution in [-0.2, 0) is 16.1 Å². The van der Waals surface area contributed by atoms with E-state index in [4.69, 9.17) is 37.4 Å². The number of carbonyl (C=O) groups excluding carboxylic acids is 2. The topological polar surface area (TPSA) is 89.1 Å². The molecule has 33 heavy (non-hydrogen) atoms. The zero-order valence-corrected chi connectivity index (χ0v) is 20.3. The van der Waals surface area contributed by atoms with Crippen molar-refractivity contribution in [1.29, 1.82) is 0 Å². The lowest BCUT2D eigenvalue weighted by Crippen LogP contribution is -2.44. The van der Waals surface area contributed by atoms with Crippen LogP contribution < -0.4 is 24.8 Å². The first kappa shape index (κ1) is 25.0. The third-order valence-corrected chi connectivity index (χ3v) is 5.84. The molecule has 8 nitrogen and oxygen atoms in total. The van der Waals surface area contributed by atoms with Crippen LogP contribution in [0.25, 0.3) is 0 Å². The maximum absolute atomic E-state index is 12.8. The van der Waals surface area contributed by atoms with E-state index in [1.165, 1.54) is 0 Å². The summed E-state index contributed by atoms with van der Waals surface area (Å²) in [7, 11) is 4.64. The molecular weight excluding hydrogens is 469 g/mol. The molecular formula is C23H27Cl2N3O5. The van der Waals surface area contributed by atoms with Gasteiger partial charge in [-0.05, 0) is 43.7 Å². The van der Waals surface area contributed by atoms with Gasteiger partial charge >= 0.3 is 0 Å². The molecule has 2 N–H and O–H groups in total. The molecule has 0 saturated carbocycles. The maximum atomic E-state index is 12.8. The first-order valence-corrected chi connectivity index (χ1v) is 11.2. The Kier molecular flexibility index (Phi) is 8.66. The van der Waals surface area contributed by atoms with Crippen molar-refractivity contribution in [1.82, 2.24) is 10.2 Å². The summed E-state index contributed by atoms with van der Waals surface area (Å²) < 4.78 is 16.0. The molecule has 1 saturated heterocycles. The van der Waals surface area contributed by atoms with Crippen molar-refractivity contribution in [3.63, 3.8) is 0 Å². The lowest BCUT2D eigenvalue weighted by Gasteiger charge is -2.23. The van der Waals surface area contributed by atoms with Gasteiger partial charge in [0, 0.05) is 33.9 Å². The molecule has 1 atom stereocenters. The molecule has 2 aromatic rings. The summed E-state index contributed by atoms with van der Waals surface area (Å²) in [5.74, 6) is 1.26. The largest absolute Gasteiger partial charge is 0.496 e. The summed E-state index contributed by atoms with van der Waals surface area (Å²) in [5, 5.41) is 6.60. The Morgan fingerprint density at radius 3 is 2.24 bits per heavy atom. The van der Waals surface area contributed by atoms with Gasteiger partial charge in [-0.25, -0.2) is 0 Å². The average Bonchev–Trinajstić information content (AvgIpc) is 3.24. The lowest BCUT2D eigenvalue weighted by atomic mass is 10.1. The lowest BCUT2D eigenvalue weighted by molar-refractivity contribution is -0.125. The molecule has 3 rings (SSSR count). The fourth-order valence-electron chi connectivity index (χ4n) is 3.83. The summed E-state index contributed by atoms with van der Waals surface area (Å²) in [6.07, 6.45) is 1.49. The molecule has 1 fully saturated rings. The molecule has 0 radical (unpaired) electrons. The molecule has 0 bridgehead atoms. The van der Waals surface area contributed by atoms with Crippen LogP contribution >= 0.6 is 23.2 Å². The van der Waals surface area contributed by atoms with Crippen LogP contribution in [0.1, 0.15) is 18.4 Å². The van der Waals surface area contributed by atoms with Crippen LogP contribution in [0.15, 0.2) is 30.3 Å². The first-order valence-electron chi connectivity index (χ1n) is 10.4. The summed E-state index contributed by atoms with van der Waals surface area (Å²) >= 11 is 12.0. The Hall–Kier alpha value is -2.68. The minimum absolute atomic E-state index is 0.101. The number of hydrogen-bond donors (Lipinski definition) is 2. The number of benzene rings is 2. The second kappa shape index (κ2) is 11.4. The van der Waals surface area contributed by atoms with Gasteiger partial charge in [0.1, 0.15) is 5.75 Å². The molecule has 2 aromatic carbocycles. The fraction of sp³-hybridized carbons (Fsp3) is 0.391. The number of likely N-dealkylation sites (tertiary alicyclic amines) is 1. The van der Waals surface area contributed by atoms with Crippen molar-refractivity contribution in [2.75, 3.05) is 39.7 Å². The van der Waals surface area contributed by atoms with Gasteiger partial charge in [0.15, 0.2) is 11.5 Å². The second-order valence-electron chi connectivity index (χ2n) is 7.57. The standard InChI is InChI=1S/C23H27Cl2N3O5/c1-31-19-11-21(33-3)20(32-2)7-14(19)12-26-22(29)13-28-6-4-5-18(28)23(30)27-17-9-15(24)8-16(25)10-17/h7-11,18H,4-6,12-13H2,1-3H3,(H,26,29)(H,27,30). The highest BCUT2D eigenvalue weighted by Crippen LogP contribution is 2.34. The van der Waals surface area contributed by atoms with E-state index in [1.54, 1.807) is 51.7 Å². The molecule has 1 aliphatic rings. The Balaban J connectivity index is 1.60. The first-order chi connectivity index (χ1) is 15.8. The van der Waals surface area contributed by atoms with Crippen LogP contribution in [-0.4, -0.2) is 57.2 Å². The highest BCUT2D eigenvalue weighted by atomic mass is 35.5. The Bertz CT molecular complexity index is 998. The van der Waals surface area contributed by atoms with Gasteiger partial charge in [0.25, 0.3) is 0 Å². The summed E-state index contributed by atoms with van der Waals surface area (Å²) in [4.78, 5) is 27.3. The highest BCUT2D eigenvalue weighted by Gasteiger charge is 2.32. The Morgan fingerprint density at radius 2 is 1.61 bits per heavy atom. The Morgan fingerprint density at radius 1 is 0.970 bits per heavy atom. The molecule has 0 aromatic heterocycles. The summed E-state index contributed by atoms with van der Waals surface area (Å²) in [6.45, 7) is 1.000. The zero-order chi connectivity index (χ0) is 24.0. The number of halogens is 2. The number of amides is 2. The van der Waals surface area contributed by atoms with Gasteiger partial charge in [-0.1, -0.05) is 23.2 Å². The van der Waals surface area contributed by atoms with E-state index in [0.29, 0.717) is 45.9 Å². The smallest absolute Gasteiger partial charge is 0.241 e. The predicted octanol–water partition coefficient (Wildman–Crippen LogP) is 3.74. The molecule has 0 spiro atoms. The zero-order valence-electron chi connectivity index (χ0n) is 18.7. The van der Waals surface area contributed by atoms with E-state index in [1.807, 2.05) is 4.90 Å². The highest BCUT2D eigenvalue weighted by molar-refractivity contribution is 6.35. The molecule has 178 valence electrons. The van der Waals surface area contributed by atoms with Crippen molar-refractivity contribution in [2.45, 2.75) is 25.4 Å². The monoisotopic (exact) mass is 495 g/mol. The summed E-state index contributed by atoms with van der Waals surface area (Å²) in [5.41, 5.74) is 1.27. The van der Waals surface area contributed by atoms with E-state index >= 15 is 0 Å². The maximum Gasteiger partial charge on any atom is 0.241 e. The fourth-order valence-corrected chi connectivity index (χ4v) is 4.35. The van der Waals surface area contributed by atoms with Gasteiger partial charge in [-0.3, -0.25) is 14.5 Å². The summed E-state index contributed by atoms with van der Waals surface area (Å²) in [6, 6.07) is 7.92. The number of methoxy groups -OCH3 is 3. The van der Waals surface area contributed by atoms with Crippen molar-refractivity contribution in [2.24, 2.45) is 0 Å². The van der Waals surface area contributed by atoms with Crippen molar-refractivity contribution >= 4 is 40.7 Å². The number of nitrogens with one attached hydrogen (secondary N) is 2. The molecule has 2 amide bonds. The molecule has 1 unspecified atom stereocenters. The van der Waals surface area contributed by atoms with Gasteiger partial charge in [-0.2, -0.15) is 0 Å². The minimum Gasteiger partial charge on any atom is -0.496 e. The quantitative estimate of drug-likeness (QED) is 0.550. The van der Waals surface area contributed by atoms with E-state index in [9.17, 15) is 9.59 Å². The van der Waals surface area contributed by atoms with Crippen LogP contribution in [0.2, 0.25) is 10.0 Å².